The Balaban J connectivity index is 1.51. The zero-order chi connectivity index (χ0) is 17.2. The van der Waals surface area contributed by atoms with Gasteiger partial charge in [0.05, 0.1) is 22.8 Å². The second-order valence-corrected chi connectivity index (χ2v) is 5.74. The average Bonchev–Trinajstić information content (AvgIpc) is 3.29. The molecular weight excluding hydrogens is 316 g/mol. The molecule has 0 bridgehead atoms. The molecule has 0 aliphatic rings. The summed E-state index contributed by atoms with van der Waals surface area (Å²) in [6, 6.07) is 12.9. The van der Waals surface area contributed by atoms with Crippen LogP contribution in [0.4, 0.5) is 0 Å². The Hall–Kier alpha value is -3.48. The SMILES string of the molecule is C[C@H](NC(=O)c1cc(-c2cccnc2)n[nH]1)c1nc2ccccc2[nH]1. The fourth-order valence-corrected chi connectivity index (χ4v) is 2.62. The number of hydrogen-bond acceptors (Lipinski definition) is 4. The van der Waals surface area contributed by atoms with Gasteiger partial charge in [-0.25, -0.2) is 4.98 Å². The van der Waals surface area contributed by atoms with E-state index in [0.717, 1.165) is 16.6 Å². The maximum atomic E-state index is 12.4. The van der Waals surface area contributed by atoms with E-state index in [1.807, 2.05) is 43.3 Å². The highest BCUT2D eigenvalue weighted by Gasteiger charge is 2.17. The van der Waals surface area contributed by atoms with E-state index in [1.54, 1.807) is 18.5 Å². The molecule has 7 nitrogen and oxygen atoms in total. The lowest BCUT2D eigenvalue weighted by Gasteiger charge is -2.10. The molecule has 0 aliphatic heterocycles. The second kappa shape index (κ2) is 6.20. The zero-order valence-corrected chi connectivity index (χ0v) is 13.5. The third-order valence-corrected chi connectivity index (χ3v) is 3.95. The quantitative estimate of drug-likeness (QED) is 0.535. The maximum Gasteiger partial charge on any atom is 0.269 e. The monoisotopic (exact) mass is 332 g/mol. The van der Waals surface area contributed by atoms with Gasteiger partial charge in [0.2, 0.25) is 0 Å². The molecule has 3 N–H and O–H groups in total. The van der Waals surface area contributed by atoms with Gasteiger partial charge in [0.1, 0.15) is 11.5 Å². The van der Waals surface area contributed by atoms with Crippen LogP contribution in [0.2, 0.25) is 0 Å². The van der Waals surface area contributed by atoms with E-state index >= 15 is 0 Å². The van der Waals surface area contributed by atoms with Gasteiger partial charge in [-0.1, -0.05) is 12.1 Å². The molecule has 0 radical (unpaired) electrons. The van der Waals surface area contributed by atoms with Gasteiger partial charge in [-0.2, -0.15) is 5.10 Å². The molecule has 0 saturated heterocycles. The van der Waals surface area contributed by atoms with Crippen LogP contribution < -0.4 is 5.32 Å². The van der Waals surface area contributed by atoms with Crippen LogP contribution in [0.3, 0.4) is 0 Å². The Morgan fingerprint density at radius 2 is 2.08 bits per heavy atom. The Bertz CT molecular complexity index is 987. The first kappa shape index (κ1) is 15.1. The number of nitrogens with zero attached hydrogens (tertiary/aromatic N) is 3. The number of aromatic amines is 2. The van der Waals surface area contributed by atoms with Crippen LogP contribution in [0.5, 0.6) is 0 Å². The largest absolute Gasteiger partial charge is 0.341 e. The molecule has 4 rings (SSSR count). The number of nitrogens with one attached hydrogen (secondary N) is 3. The summed E-state index contributed by atoms with van der Waals surface area (Å²) in [7, 11) is 0. The van der Waals surface area contributed by atoms with Crippen LogP contribution in [-0.2, 0) is 0 Å². The summed E-state index contributed by atoms with van der Waals surface area (Å²) in [5.74, 6) is 0.470. The van der Waals surface area contributed by atoms with Gasteiger partial charge < -0.3 is 10.3 Å². The minimum atomic E-state index is -0.259. The fourth-order valence-electron chi connectivity index (χ4n) is 2.62. The normalized spacial score (nSPS) is 12.2. The lowest BCUT2D eigenvalue weighted by Crippen LogP contribution is -2.27. The van der Waals surface area contributed by atoms with E-state index in [9.17, 15) is 4.79 Å². The Kier molecular flexibility index (Phi) is 3.74. The summed E-state index contributed by atoms with van der Waals surface area (Å²) < 4.78 is 0. The number of rotatable bonds is 4. The number of para-hydroxylation sites is 2. The van der Waals surface area contributed by atoms with Gasteiger partial charge >= 0.3 is 0 Å². The van der Waals surface area contributed by atoms with Crippen LogP contribution in [0.15, 0.2) is 54.9 Å². The summed E-state index contributed by atoms with van der Waals surface area (Å²) in [5.41, 5.74) is 3.73. The molecule has 1 atom stereocenters. The van der Waals surface area contributed by atoms with E-state index in [0.29, 0.717) is 17.2 Å². The zero-order valence-electron chi connectivity index (χ0n) is 13.5. The number of hydrogen-bond donors (Lipinski definition) is 3. The van der Waals surface area contributed by atoms with Crippen LogP contribution >= 0.6 is 0 Å². The van der Waals surface area contributed by atoms with Crippen LogP contribution in [0.1, 0.15) is 29.3 Å². The number of carbonyl (C=O) groups excluding carboxylic acids is 1. The Labute approximate surface area is 143 Å². The fraction of sp³-hybridized carbons (Fsp3) is 0.111. The van der Waals surface area contributed by atoms with Crippen molar-refractivity contribution in [3.8, 4) is 11.3 Å². The van der Waals surface area contributed by atoms with E-state index in [-0.39, 0.29) is 11.9 Å². The Morgan fingerprint density at radius 1 is 1.20 bits per heavy atom. The first-order chi connectivity index (χ1) is 12.2. The van der Waals surface area contributed by atoms with Crippen molar-refractivity contribution >= 4 is 16.9 Å². The van der Waals surface area contributed by atoms with Gasteiger partial charge in [-0.3, -0.25) is 14.9 Å². The smallest absolute Gasteiger partial charge is 0.269 e. The number of amides is 1. The highest BCUT2D eigenvalue weighted by molar-refractivity contribution is 5.93. The molecule has 0 unspecified atom stereocenters. The second-order valence-electron chi connectivity index (χ2n) is 5.74. The predicted molar refractivity (Wildman–Crippen MR) is 93.8 cm³/mol. The predicted octanol–water partition coefficient (Wildman–Crippen LogP) is 2.84. The molecule has 0 saturated carbocycles. The van der Waals surface area contributed by atoms with Gasteiger partial charge in [0.25, 0.3) is 5.91 Å². The van der Waals surface area contributed by atoms with Crippen molar-refractivity contribution in [2.24, 2.45) is 0 Å². The molecule has 1 amide bonds. The summed E-state index contributed by atoms with van der Waals surface area (Å²) in [5, 5.41) is 9.86. The number of pyridine rings is 1. The first-order valence-electron chi connectivity index (χ1n) is 7.92. The van der Waals surface area contributed by atoms with Crippen LogP contribution in [0, 0.1) is 0 Å². The summed E-state index contributed by atoms with van der Waals surface area (Å²) >= 11 is 0. The first-order valence-corrected chi connectivity index (χ1v) is 7.92. The van der Waals surface area contributed by atoms with Crippen molar-refractivity contribution in [3.05, 3.63) is 66.4 Å². The van der Waals surface area contributed by atoms with E-state index in [2.05, 4.69) is 30.5 Å². The van der Waals surface area contributed by atoms with Gasteiger partial charge in [0.15, 0.2) is 0 Å². The van der Waals surface area contributed by atoms with E-state index < -0.39 is 0 Å². The highest BCUT2D eigenvalue weighted by Crippen LogP contribution is 2.18. The highest BCUT2D eigenvalue weighted by atomic mass is 16.2. The van der Waals surface area contributed by atoms with Crippen molar-refractivity contribution in [1.29, 1.82) is 0 Å². The summed E-state index contributed by atoms with van der Waals surface area (Å²) in [4.78, 5) is 24.2. The molecular formula is C18H16N6O. The minimum absolute atomic E-state index is 0.240. The topological polar surface area (TPSA) is 99.3 Å². The number of fused-ring (bicyclic) bond motifs is 1. The van der Waals surface area contributed by atoms with Gasteiger partial charge in [-0.05, 0) is 37.3 Å². The van der Waals surface area contributed by atoms with E-state index in [1.165, 1.54) is 0 Å². The number of H-pyrrole nitrogens is 2. The van der Waals surface area contributed by atoms with Crippen LogP contribution in [0.25, 0.3) is 22.3 Å². The van der Waals surface area contributed by atoms with Crippen molar-refractivity contribution in [3.63, 3.8) is 0 Å². The van der Waals surface area contributed by atoms with Crippen LogP contribution in [-0.4, -0.2) is 31.1 Å². The lowest BCUT2D eigenvalue weighted by molar-refractivity contribution is 0.0933. The molecule has 124 valence electrons. The van der Waals surface area contributed by atoms with Crippen molar-refractivity contribution in [2.75, 3.05) is 0 Å². The number of benzene rings is 1. The molecule has 1 aromatic carbocycles. The lowest BCUT2D eigenvalue weighted by atomic mass is 10.2. The van der Waals surface area contributed by atoms with Crippen molar-refractivity contribution < 1.29 is 4.79 Å². The standard InChI is InChI=1S/C18H16N6O/c1-11(17-21-13-6-2-3-7-14(13)22-17)20-18(25)16-9-15(23-24-16)12-5-4-8-19-10-12/h2-11H,1H3,(H,20,25)(H,21,22)(H,23,24)/t11-/m0/s1. The number of aromatic nitrogens is 5. The van der Waals surface area contributed by atoms with Crippen molar-refractivity contribution in [1.82, 2.24) is 30.5 Å². The van der Waals surface area contributed by atoms with Gasteiger partial charge in [-0.15, -0.1) is 0 Å². The molecule has 25 heavy (non-hydrogen) atoms. The molecule has 0 spiro atoms. The molecule has 4 aromatic rings. The molecule has 7 heteroatoms. The molecule has 3 aromatic heterocycles. The average molecular weight is 332 g/mol. The number of carbonyl (C=O) groups is 1. The molecule has 0 aliphatic carbocycles. The third kappa shape index (κ3) is 2.99. The number of imidazole rings is 1. The van der Waals surface area contributed by atoms with Crippen molar-refractivity contribution in [2.45, 2.75) is 13.0 Å². The van der Waals surface area contributed by atoms with Gasteiger partial charge in [0, 0.05) is 18.0 Å². The molecule has 3 heterocycles. The molecule has 0 fully saturated rings. The van der Waals surface area contributed by atoms with E-state index in [4.69, 9.17) is 0 Å². The third-order valence-electron chi connectivity index (χ3n) is 3.95. The maximum absolute atomic E-state index is 12.4. The Morgan fingerprint density at radius 3 is 2.88 bits per heavy atom. The minimum Gasteiger partial charge on any atom is -0.341 e. The summed E-state index contributed by atoms with van der Waals surface area (Å²) in [6.45, 7) is 1.88. The summed E-state index contributed by atoms with van der Waals surface area (Å²) in [6.07, 6.45) is 3.40.